The van der Waals surface area contributed by atoms with Crippen molar-refractivity contribution in [2.75, 3.05) is 6.61 Å². The number of aryl methyl sites for hydroxylation is 2. The van der Waals surface area contributed by atoms with Gasteiger partial charge in [0, 0.05) is 33.8 Å². The Balaban J connectivity index is 1.78. The van der Waals surface area contributed by atoms with Crippen LogP contribution in [0, 0.1) is 13.8 Å². The number of carbonyl (C=O) groups is 2. The Morgan fingerprint density at radius 3 is 2.53 bits per heavy atom. The molecule has 0 fully saturated rings. The molecule has 6 heteroatoms. The number of Topliss-reactive ketones (excluding diaryl/α,β-unsaturated/α-hetero) is 1. The molecule has 4 rings (SSSR count). The number of ketones is 1. The van der Waals surface area contributed by atoms with E-state index in [-0.39, 0.29) is 18.4 Å². The van der Waals surface area contributed by atoms with E-state index < -0.39 is 5.92 Å². The van der Waals surface area contributed by atoms with E-state index in [9.17, 15) is 9.59 Å². The maximum Gasteiger partial charge on any atom is 0.336 e. The number of hydrogen-bond acceptors (Lipinski definition) is 5. The van der Waals surface area contributed by atoms with E-state index in [4.69, 9.17) is 9.47 Å². The van der Waals surface area contributed by atoms with Crippen molar-refractivity contribution < 1.29 is 19.1 Å². The van der Waals surface area contributed by atoms with Crippen LogP contribution in [-0.2, 0) is 20.9 Å². The molecule has 178 valence electrons. The van der Waals surface area contributed by atoms with Gasteiger partial charge in [-0.3, -0.25) is 4.79 Å². The molecule has 1 N–H and O–H groups in total. The fourth-order valence-electron chi connectivity index (χ4n) is 4.85. The van der Waals surface area contributed by atoms with Gasteiger partial charge in [0.15, 0.2) is 5.78 Å². The zero-order valence-corrected chi connectivity index (χ0v) is 21.7. The van der Waals surface area contributed by atoms with Crippen molar-refractivity contribution >= 4 is 27.7 Å². The molecular weight excluding hydrogens is 494 g/mol. The third-order valence-corrected chi connectivity index (χ3v) is 7.04. The highest BCUT2D eigenvalue weighted by molar-refractivity contribution is 9.10. The predicted octanol–water partition coefficient (Wildman–Crippen LogP) is 6.18. The predicted molar refractivity (Wildman–Crippen MR) is 135 cm³/mol. The zero-order valence-electron chi connectivity index (χ0n) is 20.1. The first-order chi connectivity index (χ1) is 16.3. The normalized spacial score (nSPS) is 17.9. The van der Waals surface area contributed by atoms with Crippen LogP contribution < -0.4 is 10.1 Å². The van der Waals surface area contributed by atoms with Crippen LogP contribution in [0.25, 0.3) is 0 Å². The van der Waals surface area contributed by atoms with E-state index in [1.807, 2.05) is 38.1 Å². The first-order valence-corrected chi connectivity index (χ1v) is 12.5. The molecular formula is C28H30BrNO4. The molecule has 2 aromatic carbocycles. The highest BCUT2D eigenvalue weighted by Crippen LogP contribution is 2.44. The second-order valence-corrected chi connectivity index (χ2v) is 9.78. The number of benzene rings is 2. The molecule has 0 saturated heterocycles. The number of halogens is 1. The minimum Gasteiger partial charge on any atom is -0.489 e. The minimum absolute atomic E-state index is 0.0979. The zero-order chi connectivity index (χ0) is 24.4. The van der Waals surface area contributed by atoms with E-state index in [0.717, 1.165) is 56.7 Å². The molecule has 5 nitrogen and oxygen atoms in total. The van der Waals surface area contributed by atoms with Crippen molar-refractivity contribution in [3.63, 3.8) is 0 Å². The number of rotatable bonds is 6. The summed E-state index contributed by atoms with van der Waals surface area (Å²) < 4.78 is 12.5. The largest absolute Gasteiger partial charge is 0.489 e. The quantitative estimate of drug-likeness (QED) is 0.458. The average Bonchev–Trinajstić information content (AvgIpc) is 2.79. The molecule has 0 bridgehead atoms. The lowest BCUT2D eigenvalue weighted by Crippen LogP contribution is -2.34. The van der Waals surface area contributed by atoms with Gasteiger partial charge in [-0.1, -0.05) is 28.1 Å². The van der Waals surface area contributed by atoms with Gasteiger partial charge in [-0.25, -0.2) is 4.79 Å². The summed E-state index contributed by atoms with van der Waals surface area (Å²) in [5, 5.41) is 3.34. The Morgan fingerprint density at radius 2 is 1.82 bits per heavy atom. The number of nitrogens with one attached hydrogen (secondary N) is 1. The smallest absolute Gasteiger partial charge is 0.336 e. The van der Waals surface area contributed by atoms with E-state index in [2.05, 4.69) is 40.3 Å². The third-order valence-electron chi connectivity index (χ3n) is 6.51. The van der Waals surface area contributed by atoms with Crippen molar-refractivity contribution in [2.45, 2.75) is 59.5 Å². The van der Waals surface area contributed by atoms with Crippen molar-refractivity contribution in [1.82, 2.24) is 5.32 Å². The Morgan fingerprint density at radius 1 is 1.09 bits per heavy atom. The van der Waals surface area contributed by atoms with Crippen LogP contribution in [0.3, 0.4) is 0 Å². The van der Waals surface area contributed by atoms with E-state index in [1.165, 1.54) is 0 Å². The summed E-state index contributed by atoms with van der Waals surface area (Å²) in [5.74, 6) is 0.0490. The third kappa shape index (κ3) is 4.83. The molecule has 2 aromatic rings. The molecule has 1 heterocycles. The van der Waals surface area contributed by atoms with E-state index >= 15 is 0 Å². The maximum atomic E-state index is 13.1. The molecule has 0 spiro atoms. The molecule has 0 saturated carbocycles. The average molecular weight is 524 g/mol. The van der Waals surface area contributed by atoms with E-state index in [0.29, 0.717) is 24.2 Å². The Labute approximate surface area is 209 Å². The molecule has 1 aliphatic carbocycles. The summed E-state index contributed by atoms with van der Waals surface area (Å²) in [7, 11) is 0. The van der Waals surface area contributed by atoms with Gasteiger partial charge in [-0.05, 0) is 87.1 Å². The Hall–Kier alpha value is -2.86. The summed E-state index contributed by atoms with van der Waals surface area (Å²) in [6, 6.07) is 11.9. The molecule has 1 aliphatic heterocycles. The Kier molecular flexibility index (Phi) is 7.27. The molecule has 2 aliphatic rings. The van der Waals surface area contributed by atoms with Crippen LogP contribution in [0.5, 0.6) is 5.75 Å². The first kappa shape index (κ1) is 24.3. The van der Waals surface area contributed by atoms with Crippen LogP contribution in [0.2, 0.25) is 0 Å². The van der Waals surface area contributed by atoms with E-state index in [1.54, 1.807) is 6.92 Å². The summed E-state index contributed by atoms with van der Waals surface area (Å²) >= 11 is 3.45. The van der Waals surface area contributed by atoms with Crippen molar-refractivity contribution in [3.8, 4) is 5.75 Å². The summed E-state index contributed by atoms with van der Waals surface area (Å²) in [6.07, 6.45) is 2.12. The number of carbonyl (C=O) groups excluding carboxylic acids is 2. The van der Waals surface area contributed by atoms with Crippen molar-refractivity contribution in [1.29, 1.82) is 0 Å². The van der Waals surface area contributed by atoms with Gasteiger partial charge in [-0.15, -0.1) is 0 Å². The fourth-order valence-corrected chi connectivity index (χ4v) is 5.11. The van der Waals surface area contributed by atoms with Crippen LogP contribution in [0.15, 0.2) is 63.4 Å². The van der Waals surface area contributed by atoms with Crippen LogP contribution in [-0.4, -0.2) is 18.4 Å². The van der Waals surface area contributed by atoms with Gasteiger partial charge >= 0.3 is 5.97 Å². The van der Waals surface area contributed by atoms with Crippen molar-refractivity contribution in [3.05, 3.63) is 85.7 Å². The first-order valence-electron chi connectivity index (χ1n) is 11.7. The molecule has 0 amide bonds. The van der Waals surface area contributed by atoms with Gasteiger partial charge in [0.2, 0.25) is 0 Å². The van der Waals surface area contributed by atoms with Crippen LogP contribution >= 0.6 is 15.9 Å². The van der Waals surface area contributed by atoms with Crippen LogP contribution in [0.1, 0.15) is 61.3 Å². The Bertz CT molecular complexity index is 1190. The molecule has 34 heavy (non-hydrogen) atoms. The van der Waals surface area contributed by atoms with Gasteiger partial charge in [-0.2, -0.15) is 0 Å². The number of ether oxygens (including phenoxy) is 2. The van der Waals surface area contributed by atoms with Crippen LogP contribution in [0.4, 0.5) is 0 Å². The summed E-state index contributed by atoms with van der Waals surface area (Å²) in [4.78, 5) is 26.2. The maximum absolute atomic E-state index is 13.1. The minimum atomic E-state index is -0.449. The lowest BCUT2D eigenvalue weighted by molar-refractivity contribution is -0.138. The molecule has 0 aromatic heterocycles. The topological polar surface area (TPSA) is 64.6 Å². The molecule has 0 unspecified atom stereocenters. The number of allylic oxidation sites excluding steroid dienone is 3. The standard InChI is InChI=1S/C28H30BrNO4/c1-5-33-28(32)25-18(4)30-23-7-6-8-24(31)27(23)26(25)22-14-19(16(2)13-17(22)3)15-34-21-11-9-20(29)10-12-21/h9-14,26,30H,5-8,15H2,1-4H3/t26-/m1/s1. The highest BCUT2D eigenvalue weighted by atomic mass is 79.9. The lowest BCUT2D eigenvalue weighted by atomic mass is 9.73. The van der Waals surface area contributed by atoms with Crippen molar-refractivity contribution in [2.24, 2.45) is 0 Å². The fraction of sp³-hybridized carbons (Fsp3) is 0.357. The molecule has 0 radical (unpaired) electrons. The molecule has 1 atom stereocenters. The second-order valence-electron chi connectivity index (χ2n) is 8.86. The highest BCUT2D eigenvalue weighted by Gasteiger charge is 2.39. The SMILES string of the molecule is CCOC(=O)C1=C(C)NC2=C(C(=O)CCC2)[C@@H]1c1cc(COc2ccc(Br)cc2)c(C)cc1C. The summed E-state index contributed by atoms with van der Waals surface area (Å²) in [5.41, 5.74) is 7.02. The van der Waals surface area contributed by atoms with Gasteiger partial charge in [0.05, 0.1) is 12.2 Å². The monoisotopic (exact) mass is 523 g/mol. The van der Waals surface area contributed by atoms with Gasteiger partial charge < -0.3 is 14.8 Å². The summed E-state index contributed by atoms with van der Waals surface area (Å²) in [6.45, 7) is 8.45. The number of esters is 1. The number of hydrogen-bond donors (Lipinski definition) is 1. The van der Waals surface area contributed by atoms with Gasteiger partial charge in [0.1, 0.15) is 12.4 Å². The number of dihydropyridines is 1. The lowest BCUT2D eigenvalue weighted by Gasteiger charge is -2.35. The second kappa shape index (κ2) is 10.2. The van der Waals surface area contributed by atoms with Gasteiger partial charge in [0.25, 0.3) is 0 Å².